The maximum atomic E-state index is 4.63. The number of aryl methyl sites for hydroxylation is 1. The van der Waals surface area contributed by atoms with Gasteiger partial charge >= 0.3 is 0 Å². The molecule has 0 atom stereocenters. The number of nitrogens with zero attached hydrogens (tertiary/aromatic N) is 4. The number of guanidine groups is 1. The third-order valence-corrected chi connectivity index (χ3v) is 3.59. The van der Waals surface area contributed by atoms with Gasteiger partial charge in [-0.2, -0.15) is 0 Å². The number of rotatable bonds is 5. The Morgan fingerprint density at radius 1 is 1.41 bits per heavy atom. The van der Waals surface area contributed by atoms with Gasteiger partial charge in [0.2, 0.25) is 0 Å². The zero-order valence-corrected chi connectivity index (χ0v) is 16.2. The molecular formula is C16H26IN5. The average Bonchev–Trinajstić information content (AvgIpc) is 2.90. The Bertz CT molecular complexity index is 620. The largest absolute Gasteiger partial charge is 0.351 e. The lowest BCUT2D eigenvalue weighted by atomic mass is 10.3. The lowest BCUT2D eigenvalue weighted by Gasteiger charge is -2.21. The Morgan fingerprint density at radius 2 is 2.18 bits per heavy atom. The maximum absolute atomic E-state index is 4.63. The lowest BCUT2D eigenvalue weighted by Crippen LogP contribution is -2.39. The van der Waals surface area contributed by atoms with E-state index in [9.17, 15) is 0 Å². The van der Waals surface area contributed by atoms with Crippen LogP contribution in [0.1, 0.15) is 31.2 Å². The number of fused-ring (bicyclic) bond motifs is 1. The van der Waals surface area contributed by atoms with Crippen molar-refractivity contribution in [3.8, 4) is 0 Å². The van der Waals surface area contributed by atoms with Crippen molar-refractivity contribution in [2.45, 2.75) is 33.2 Å². The summed E-state index contributed by atoms with van der Waals surface area (Å²) in [6.45, 7) is 5.98. The van der Waals surface area contributed by atoms with Crippen molar-refractivity contribution < 1.29 is 0 Å². The summed E-state index contributed by atoms with van der Waals surface area (Å²) in [6, 6.07) is 6.15. The Hall–Kier alpha value is -1.31. The van der Waals surface area contributed by atoms with Crippen LogP contribution in [0.5, 0.6) is 0 Å². The molecule has 0 radical (unpaired) electrons. The van der Waals surface area contributed by atoms with Gasteiger partial charge in [0.25, 0.3) is 0 Å². The highest BCUT2D eigenvalue weighted by Crippen LogP contribution is 2.08. The summed E-state index contributed by atoms with van der Waals surface area (Å²) >= 11 is 0. The average molecular weight is 415 g/mol. The van der Waals surface area contributed by atoms with Gasteiger partial charge < -0.3 is 14.6 Å². The summed E-state index contributed by atoms with van der Waals surface area (Å²) in [7, 11) is 3.89. The number of imidazole rings is 1. The normalized spacial score (nSPS) is 11.4. The molecule has 0 aromatic carbocycles. The molecule has 5 nitrogen and oxygen atoms in total. The Balaban J connectivity index is 0.00000242. The van der Waals surface area contributed by atoms with Crippen molar-refractivity contribution in [1.82, 2.24) is 19.6 Å². The van der Waals surface area contributed by atoms with Crippen LogP contribution < -0.4 is 5.32 Å². The monoisotopic (exact) mass is 415 g/mol. The minimum Gasteiger partial charge on any atom is -0.351 e. The zero-order valence-electron chi connectivity index (χ0n) is 13.8. The number of halogens is 1. The summed E-state index contributed by atoms with van der Waals surface area (Å²) in [4.78, 5) is 11.1. The molecule has 0 fully saturated rings. The number of hydrogen-bond acceptors (Lipinski definition) is 2. The van der Waals surface area contributed by atoms with Crippen molar-refractivity contribution in [3.05, 3.63) is 35.8 Å². The van der Waals surface area contributed by atoms with Gasteiger partial charge in [0, 0.05) is 32.5 Å². The molecule has 0 bridgehead atoms. The van der Waals surface area contributed by atoms with Crippen LogP contribution in [-0.4, -0.2) is 40.9 Å². The summed E-state index contributed by atoms with van der Waals surface area (Å²) in [5.74, 6) is 0.914. The van der Waals surface area contributed by atoms with E-state index in [2.05, 4.69) is 57.8 Å². The Morgan fingerprint density at radius 3 is 2.82 bits per heavy atom. The van der Waals surface area contributed by atoms with Crippen LogP contribution in [0.2, 0.25) is 0 Å². The van der Waals surface area contributed by atoms with E-state index in [1.807, 2.05) is 19.2 Å². The van der Waals surface area contributed by atoms with E-state index < -0.39 is 0 Å². The number of unbranched alkanes of at least 4 members (excludes halogenated alkanes) is 1. The fourth-order valence-electron chi connectivity index (χ4n) is 2.34. The van der Waals surface area contributed by atoms with E-state index in [-0.39, 0.29) is 24.0 Å². The highest BCUT2D eigenvalue weighted by molar-refractivity contribution is 14.0. The quantitative estimate of drug-likeness (QED) is 0.464. The maximum Gasteiger partial charge on any atom is 0.193 e. The van der Waals surface area contributed by atoms with E-state index in [1.54, 1.807) is 0 Å². The van der Waals surface area contributed by atoms with Crippen LogP contribution in [0, 0.1) is 6.92 Å². The first-order valence-electron chi connectivity index (χ1n) is 7.51. The molecule has 0 amide bonds. The second kappa shape index (κ2) is 8.97. The Labute approximate surface area is 149 Å². The van der Waals surface area contributed by atoms with Gasteiger partial charge in [-0.25, -0.2) is 4.98 Å². The van der Waals surface area contributed by atoms with Crippen molar-refractivity contribution >= 4 is 35.6 Å². The minimum atomic E-state index is 0. The van der Waals surface area contributed by atoms with E-state index in [1.165, 1.54) is 18.5 Å². The third-order valence-electron chi connectivity index (χ3n) is 3.59. The molecule has 22 heavy (non-hydrogen) atoms. The molecule has 0 saturated heterocycles. The number of aromatic nitrogens is 2. The van der Waals surface area contributed by atoms with E-state index >= 15 is 0 Å². The fourth-order valence-corrected chi connectivity index (χ4v) is 2.34. The third kappa shape index (κ3) is 4.59. The van der Waals surface area contributed by atoms with E-state index in [4.69, 9.17) is 0 Å². The molecule has 2 aromatic heterocycles. The standard InChI is InChI=1S/C16H25N5.HI/c1-5-6-10-20(4)16(17-3)18-11-14-12-21-13(2)8-7-9-15(21)19-14;/h7-9,12H,5-6,10-11H2,1-4H3,(H,17,18);1H. The molecule has 0 aliphatic carbocycles. The molecule has 0 aliphatic heterocycles. The summed E-state index contributed by atoms with van der Waals surface area (Å²) in [5, 5.41) is 3.37. The van der Waals surface area contributed by atoms with Gasteiger partial charge in [0.15, 0.2) is 5.96 Å². The van der Waals surface area contributed by atoms with Crippen LogP contribution in [0.25, 0.3) is 5.65 Å². The number of aliphatic imine (C=N–C) groups is 1. The molecule has 122 valence electrons. The zero-order chi connectivity index (χ0) is 15.2. The van der Waals surface area contributed by atoms with E-state index in [0.717, 1.165) is 23.8 Å². The number of pyridine rings is 1. The van der Waals surface area contributed by atoms with Crippen LogP contribution in [0.15, 0.2) is 29.4 Å². The highest BCUT2D eigenvalue weighted by Gasteiger charge is 2.07. The first-order chi connectivity index (χ1) is 10.2. The van der Waals surface area contributed by atoms with Crippen molar-refractivity contribution in [1.29, 1.82) is 0 Å². The molecule has 0 aliphatic rings. The lowest BCUT2D eigenvalue weighted by molar-refractivity contribution is 0.464. The summed E-state index contributed by atoms with van der Waals surface area (Å²) < 4.78 is 2.11. The molecule has 2 aromatic rings. The van der Waals surface area contributed by atoms with Crippen molar-refractivity contribution in [2.24, 2.45) is 4.99 Å². The first-order valence-corrected chi connectivity index (χ1v) is 7.51. The fraction of sp³-hybridized carbons (Fsp3) is 0.500. The molecule has 0 spiro atoms. The predicted octanol–water partition coefficient (Wildman–Crippen LogP) is 3.07. The smallest absolute Gasteiger partial charge is 0.193 e. The Kier molecular flexibility index (Phi) is 7.64. The molecule has 0 saturated carbocycles. The predicted molar refractivity (Wildman–Crippen MR) is 103 cm³/mol. The first kappa shape index (κ1) is 18.7. The summed E-state index contributed by atoms with van der Waals surface area (Å²) in [5.41, 5.74) is 3.20. The second-order valence-electron chi connectivity index (χ2n) is 5.30. The second-order valence-corrected chi connectivity index (χ2v) is 5.30. The van der Waals surface area contributed by atoms with Gasteiger partial charge in [0.1, 0.15) is 5.65 Å². The molecule has 6 heteroatoms. The number of hydrogen-bond donors (Lipinski definition) is 1. The topological polar surface area (TPSA) is 44.9 Å². The van der Waals surface area contributed by atoms with Crippen LogP contribution in [-0.2, 0) is 6.54 Å². The molecule has 1 N–H and O–H groups in total. The van der Waals surface area contributed by atoms with Crippen molar-refractivity contribution in [2.75, 3.05) is 20.6 Å². The van der Waals surface area contributed by atoms with Crippen LogP contribution in [0.4, 0.5) is 0 Å². The van der Waals surface area contributed by atoms with Gasteiger partial charge in [-0.1, -0.05) is 19.4 Å². The minimum absolute atomic E-state index is 0. The van der Waals surface area contributed by atoms with E-state index in [0.29, 0.717) is 6.54 Å². The van der Waals surface area contributed by atoms with Gasteiger partial charge in [-0.3, -0.25) is 4.99 Å². The van der Waals surface area contributed by atoms with Gasteiger partial charge in [0.05, 0.1) is 12.2 Å². The van der Waals surface area contributed by atoms with Crippen LogP contribution >= 0.6 is 24.0 Å². The molecule has 2 heterocycles. The summed E-state index contributed by atoms with van der Waals surface area (Å²) in [6.07, 6.45) is 4.44. The molecule has 0 unspecified atom stereocenters. The van der Waals surface area contributed by atoms with Crippen LogP contribution in [0.3, 0.4) is 0 Å². The van der Waals surface area contributed by atoms with Gasteiger partial charge in [-0.15, -0.1) is 24.0 Å². The van der Waals surface area contributed by atoms with Gasteiger partial charge in [-0.05, 0) is 25.5 Å². The SMILES string of the molecule is CCCCN(C)C(=NC)NCc1cn2c(C)cccc2n1.I. The molecular weight excluding hydrogens is 389 g/mol. The highest BCUT2D eigenvalue weighted by atomic mass is 127. The van der Waals surface area contributed by atoms with Crippen molar-refractivity contribution in [3.63, 3.8) is 0 Å². The number of nitrogens with one attached hydrogen (secondary N) is 1. The molecule has 2 rings (SSSR count).